The summed E-state index contributed by atoms with van der Waals surface area (Å²) in [5.74, 6) is -5.76. The quantitative estimate of drug-likeness (QED) is 0.403. The van der Waals surface area contributed by atoms with E-state index in [1.165, 1.54) is 6.42 Å². The molecular weight excluding hydrogens is 438 g/mol. The van der Waals surface area contributed by atoms with Crippen LogP contribution >= 0.6 is 0 Å². The van der Waals surface area contributed by atoms with Crippen LogP contribution in [0.15, 0.2) is 0 Å². The van der Waals surface area contributed by atoms with Crippen LogP contribution in [0.5, 0.6) is 0 Å². The Balaban J connectivity index is 1.29. The second kappa shape index (κ2) is 8.72. The molecular formula is C24H36F2O7. The predicted octanol–water partition coefficient (Wildman–Crippen LogP) is 3.69. The van der Waals surface area contributed by atoms with Gasteiger partial charge in [0.1, 0.15) is 18.8 Å². The Morgan fingerprint density at radius 2 is 1.64 bits per heavy atom. The molecule has 7 nitrogen and oxygen atoms in total. The summed E-state index contributed by atoms with van der Waals surface area (Å²) in [6.45, 7) is 2.73. The van der Waals surface area contributed by atoms with E-state index >= 15 is 0 Å². The lowest BCUT2D eigenvalue weighted by molar-refractivity contribution is -0.278. The average Bonchev–Trinajstić information content (AvgIpc) is 2.67. The van der Waals surface area contributed by atoms with E-state index in [1.54, 1.807) is 0 Å². The summed E-state index contributed by atoms with van der Waals surface area (Å²) in [7, 11) is 0. The van der Waals surface area contributed by atoms with E-state index < -0.39 is 34.7 Å². The molecule has 0 heterocycles. The van der Waals surface area contributed by atoms with Crippen LogP contribution in [0.2, 0.25) is 0 Å². The summed E-state index contributed by atoms with van der Waals surface area (Å²) in [6.07, 6.45) is 7.64. The SMILES string of the molecule is CC1(OCCOC(=O)COC23CC4CC(O)(C2)CC(OC(=O)C(C)(F)F)(C4)C3)CCCCC1. The number of carbonyl (C=O) groups excluding carboxylic acids is 2. The minimum absolute atomic E-state index is 0.0230. The maximum Gasteiger partial charge on any atom is 0.377 e. The van der Waals surface area contributed by atoms with Gasteiger partial charge in [-0.25, -0.2) is 9.59 Å². The molecule has 5 aliphatic carbocycles. The highest BCUT2D eigenvalue weighted by Crippen LogP contribution is 2.62. The molecule has 0 amide bonds. The van der Waals surface area contributed by atoms with Gasteiger partial charge in [-0.05, 0) is 44.9 Å². The zero-order valence-corrected chi connectivity index (χ0v) is 19.6. The van der Waals surface area contributed by atoms with Crippen molar-refractivity contribution >= 4 is 11.9 Å². The fourth-order valence-electron chi connectivity index (χ4n) is 6.92. The molecule has 5 saturated carbocycles. The molecule has 188 valence electrons. The predicted molar refractivity (Wildman–Crippen MR) is 113 cm³/mol. The van der Waals surface area contributed by atoms with E-state index in [9.17, 15) is 23.5 Å². The van der Waals surface area contributed by atoms with E-state index in [0.717, 1.165) is 25.7 Å². The van der Waals surface area contributed by atoms with Gasteiger partial charge < -0.3 is 24.1 Å². The summed E-state index contributed by atoms with van der Waals surface area (Å²) in [5, 5.41) is 11.0. The van der Waals surface area contributed by atoms with Crippen molar-refractivity contribution in [3.63, 3.8) is 0 Å². The largest absolute Gasteiger partial charge is 0.462 e. The zero-order chi connectivity index (χ0) is 24.0. The first kappa shape index (κ1) is 24.8. The number of hydrogen-bond donors (Lipinski definition) is 1. The maximum atomic E-state index is 13.5. The fraction of sp³-hybridized carbons (Fsp3) is 0.917. The molecule has 4 atom stereocenters. The number of rotatable bonds is 9. The number of aliphatic hydroxyl groups is 1. The van der Waals surface area contributed by atoms with Crippen LogP contribution in [0.3, 0.4) is 0 Å². The molecule has 4 unspecified atom stereocenters. The fourth-order valence-corrected chi connectivity index (χ4v) is 6.92. The number of hydrogen-bond acceptors (Lipinski definition) is 7. The molecule has 5 fully saturated rings. The topological polar surface area (TPSA) is 91.3 Å². The molecule has 0 spiro atoms. The third-order valence-electron chi connectivity index (χ3n) is 7.81. The third kappa shape index (κ3) is 5.68. The van der Waals surface area contributed by atoms with Crippen molar-refractivity contribution in [1.29, 1.82) is 0 Å². The number of alkyl halides is 2. The molecule has 9 heteroatoms. The first-order valence-corrected chi connectivity index (χ1v) is 12.1. The summed E-state index contributed by atoms with van der Waals surface area (Å²) in [5.41, 5.74) is -3.41. The lowest BCUT2D eigenvalue weighted by Crippen LogP contribution is -2.68. The van der Waals surface area contributed by atoms with Gasteiger partial charge in [-0.1, -0.05) is 19.3 Å². The van der Waals surface area contributed by atoms with Crippen molar-refractivity contribution in [2.45, 2.75) is 113 Å². The van der Waals surface area contributed by atoms with Crippen molar-refractivity contribution < 1.29 is 42.4 Å². The Morgan fingerprint density at radius 1 is 0.970 bits per heavy atom. The highest BCUT2D eigenvalue weighted by molar-refractivity contribution is 5.77. The van der Waals surface area contributed by atoms with Crippen LogP contribution in [0.25, 0.3) is 0 Å². The van der Waals surface area contributed by atoms with Gasteiger partial charge in [-0.2, -0.15) is 8.78 Å². The molecule has 0 aromatic carbocycles. The van der Waals surface area contributed by atoms with Crippen LogP contribution in [0.1, 0.15) is 84.5 Å². The number of halogens is 2. The van der Waals surface area contributed by atoms with Crippen molar-refractivity contribution in [1.82, 2.24) is 0 Å². The Kier molecular flexibility index (Phi) is 6.55. The lowest BCUT2D eigenvalue weighted by atomic mass is 9.50. The number of ether oxygens (including phenoxy) is 4. The van der Waals surface area contributed by atoms with Crippen molar-refractivity contribution in [3.05, 3.63) is 0 Å². The molecule has 0 aliphatic heterocycles. The summed E-state index contributed by atoms with van der Waals surface area (Å²) < 4.78 is 49.5. The van der Waals surface area contributed by atoms with E-state index in [2.05, 4.69) is 6.92 Å². The minimum atomic E-state index is -3.61. The molecule has 33 heavy (non-hydrogen) atoms. The molecule has 1 N–H and O–H groups in total. The van der Waals surface area contributed by atoms with Gasteiger partial charge in [0, 0.05) is 26.2 Å². The Labute approximate surface area is 193 Å². The lowest BCUT2D eigenvalue weighted by Gasteiger charge is -2.63. The van der Waals surface area contributed by atoms with E-state index in [1.807, 2.05) is 0 Å². The van der Waals surface area contributed by atoms with Crippen molar-refractivity contribution in [2.75, 3.05) is 19.8 Å². The van der Waals surface area contributed by atoms with Gasteiger partial charge in [-0.3, -0.25) is 0 Å². The molecule has 0 saturated heterocycles. The monoisotopic (exact) mass is 474 g/mol. The second-order valence-electron chi connectivity index (χ2n) is 11.2. The summed E-state index contributed by atoms with van der Waals surface area (Å²) in [4.78, 5) is 24.2. The molecule has 0 aromatic rings. The van der Waals surface area contributed by atoms with Crippen LogP contribution in [0.4, 0.5) is 8.78 Å². The molecule has 0 aromatic heterocycles. The first-order valence-electron chi connectivity index (χ1n) is 12.1. The maximum absolute atomic E-state index is 13.5. The van der Waals surface area contributed by atoms with E-state index in [4.69, 9.17) is 18.9 Å². The Bertz CT molecular complexity index is 762. The van der Waals surface area contributed by atoms with Crippen molar-refractivity contribution in [3.8, 4) is 0 Å². The standard InChI is InChI=1S/C24H36F2O7/c1-20(6-4-3-5-7-20)31-9-8-30-18(27)13-32-23-11-17-10-22(29,14-23)15-24(12-17,16-23)33-19(28)21(2,25)26/h17,29H,3-16H2,1-2H3. The third-order valence-corrected chi connectivity index (χ3v) is 7.81. The first-order chi connectivity index (χ1) is 15.3. The van der Waals surface area contributed by atoms with Crippen LogP contribution in [-0.4, -0.2) is 65.2 Å². The Morgan fingerprint density at radius 3 is 2.30 bits per heavy atom. The van der Waals surface area contributed by atoms with Gasteiger partial charge >= 0.3 is 17.9 Å². The summed E-state index contributed by atoms with van der Waals surface area (Å²) in [6, 6.07) is 0. The van der Waals surface area contributed by atoms with E-state index in [-0.39, 0.29) is 44.0 Å². The number of esters is 2. The molecule has 4 bridgehead atoms. The molecule has 5 aliphatic rings. The van der Waals surface area contributed by atoms with Crippen molar-refractivity contribution in [2.24, 2.45) is 5.92 Å². The average molecular weight is 475 g/mol. The zero-order valence-electron chi connectivity index (χ0n) is 19.6. The normalized spacial score (nSPS) is 37.1. The summed E-state index contributed by atoms with van der Waals surface area (Å²) >= 11 is 0. The second-order valence-corrected chi connectivity index (χ2v) is 11.2. The highest BCUT2D eigenvalue weighted by atomic mass is 19.3. The molecule has 0 radical (unpaired) electrons. The molecule has 5 rings (SSSR count). The van der Waals surface area contributed by atoms with Gasteiger partial charge in [0.2, 0.25) is 0 Å². The smallest absolute Gasteiger partial charge is 0.377 e. The number of carbonyl (C=O) groups is 2. The minimum Gasteiger partial charge on any atom is -0.462 e. The van der Waals surface area contributed by atoms with Gasteiger partial charge in [0.15, 0.2) is 0 Å². The van der Waals surface area contributed by atoms with Crippen LogP contribution in [-0.2, 0) is 28.5 Å². The van der Waals surface area contributed by atoms with Gasteiger partial charge in [-0.15, -0.1) is 0 Å². The highest BCUT2D eigenvalue weighted by Gasteiger charge is 2.66. The van der Waals surface area contributed by atoms with Crippen LogP contribution in [0, 0.1) is 5.92 Å². The van der Waals surface area contributed by atoms with Gasteiger partial charge in [0.05, 0.1) is 23.4 Å². The van der Waals surface area contributed by atoms with E-state index in [0.29, 0.717) is 32.8 Å². The van der Waals surface area contributed by atoms with Gasteiger partial charge in [0.25, 0.3) is 0 Å². The van der Waals surface area contributed by atoms with Crippen LogP contribution < -0.4 is 0 Å². The Hall–Kier alpha value is -1.32.